The minimum Gasteiger partial charge on any atom is -0.289 e. The van der Waals surface area contributed by atoms with Crippen LogP contribution >= 0.6 is 0 Å². The molecule has 30 heavy (non-hydrogen) atoms. The summed E-state index contributed by atoms with van der Waals surface area (Å²) in [5, 5.41) is 0. The minimum atomic E-state index is 0.177. The predicted molar refractivity (Wildman–Crippen MR) is 123 cm³/mol. The lowest BCUT2D eigenvalue weighted by Crippen LogP contribution is -2.12. The molecule has 0 aliphatic heterocycles. The zero-order valence-electron chi connectivity index (χ0n) is 17.8. The maximum absolute atomic E-state index is 13.7. The van der Waals surface area contributed by atoms with Crippen LogP contribution in [0.2, 0.25) is 0 Å². The highest BCUT2D eigenvalue weighted by molar-refractivity contribution is 6.11. The van der Waals surface area contributed by atoms with Crippen molar-refractivity contribution in [2.45, 2.75) is 51.4 Å². The highest BCUT2D eigenvalue weighted by Crippen LogP contribution is 2.46. The highest BCUT2D eigenvalue weighted by atomic mass is 16.1. The Hall–Kier alpha value is -2.93. The van der Waals surface area contributed by atoms with E-state index >= 15 is 0 Å². The SMILES string of the molecule is Cc1ccc(C2C=C(C(=O)c3ccccc3C)C(c3cccc4c3CCC4)C2)cc1. The average Bonchev–Trinajstić information content (AvgIpc) is 3.41. The van der Waals surface area contributed by atoms with Gasteiger partial charge in [-0.3, -0.25) is 4.79 Å². The molecule has 0 saturated carbocycles. The van der Waals surface area contributed by atoms with Gasteiger partial charge in [0.1, 0.15) is 0 Å². The van der Waals surface area contributed by atoms with E-state index in [4.69, 9.17) is 0 Å². The summed E-state index contributed by atoms with van der Waals surface area (Å²) in [5.74, 6) is 0.663. The van der Waals surface area contributed by atoms with Crippen LogP contribution in [0.4, 0.5) is 0 Å². The van der Waals surface area contributed by atoms with E-state index in [9.17, 15) is 4.79 Å². The molecule has 0 spiro atoms. The molecule has 2 aliphatic rings. The van der Waals surface area contributed by atoms with Crippen LogP contribution in [0.25, 0.3) is 0 Å². The molecule has 0 N–H and O–H groups in total. The number of carbonyl (C=O) groups is 1. The fraction of sp³-hybridized carbons (Fsp3) is 0.276. The van der Waals surface area contributed by atoms with Crippen molar-refractivity contribution in [3.8, 4) is 0 Å². The lowest BCUT2D eigenvalue weighted by molar-refractivity contribution is 0.102. The van der Waals surface area contributed by atoms with Gasteiger partial charge in [0.2, 0.25) is 0 Å². The minimum absolute atomic E-state index is 0.177. The topological polar surface area (TPSA) is 17.1 Å². The van der Waals surface area contributed by atoms with Crippen LogP contribution in [-0.4, -0.2) is 5.78 Å². The molecular weight excluding hydrogens is 364 g/mol. The zero-order valence-corrected chi connectivity index (χ0v) is 17.8. The molecule has 0 radical (unpaired) electrons. The molecule has 1 heteroatoms. The summed E-state index contributed by atoms with van der Waals surface area (Å²) < 4.78 is 0. The fourth-order valence-electron chi connectivity index (χ4n) is 5.32. The largest absolute Gasteiger partial charge is 0.289 e. The molecule has 0 fully saturated rings. The molecule has 150 valence electrons. The molecule has 3 aromatic carbocycles. The van der Waals surface area contributed by atoms with Gasteiger partial charge in [-0.2, -0.15) is 0 Å². The van der Waals surface area contributed by atoms with Crippen LogP contribution in [-0.2, 0) is 12.8 Å². The van der Waals surface area contributed by atoms with Gasteiger partial charge in [0.25, 0.3) is 0 Å². The first kappa shape index (κ1) is 19.1. The standard InChI is InChI=1S/C29H28O/c1-19-13-15-21(16-14-19)23-17-27(26-12-6-9-22-8-5-11-25(22)26)28(18-23)29(30)24-10-4-3-7-20(24)2/h3-4,6-7,9-10,12-16,18,23,27H,5,8,11,17H2,1-2H3. The van der Waals surface area contributed by atoms with Gasteiger partial charge in [-0.1, -0.05) is 78.4 Å². The van der Waals surface area contributed by atoms with E-state index in [0.29, 0.717) is 0 Å². The number of allylic oxidation sites excluding steroid dienone is 2. The van der Waals surface area contributed by atoms with E-state index in [2.05, 4.69) is 55.5 Å². The molecule has 2 atom stereocenters. The summed E-state index contributed by atoms with van der Waals surface area (Å²) in [5.41, 5.74) is 9.82. The van der Waals surface area contributed by atoms with Crippen molar-refractivity contribution >= 4 is 5.78 Å². The van der Waals surface area contributed by atoms with E-state index < -0.39 is 0 Å². The zero-order chi connectivity index (χ0) is 20.7. The normalized spacial score (nSPS) is 20.1. The number of aryl methyl sites for hydroxylation is 3. The second-order valence-corrected chi connectivity index (χ2v) is 8.91. The van der Waals surface area contributed by atoms with Crippen LogP contribution in [0.15, 0.2) is 78.4 Å². The van der Waals surface area contributed by atoms with Gasteiger partial charge in [-0.05, 0) is 67.3 Å². The monoisotopic (exact) mass is 392 g/mol. The summed E-state index contributed by atoms with van der Waals surface area (Å²) in [6, 6.07) is 23.5. The lowest BCUT2D eigenvalue weighted by Gasteiger charge is -2.20. The van der Waals surface area contributed by atoms with Crippen molar-refractivity contribution in [1.82, 2.24) is 0 Å². The first-order valence-corrected chi connectivity index (χ1v) is 11.1. The Morgan fingerprint density at radius 1 is 0.867 bits per heavy atom. The molecule has 0 bridgehead atoms. The molecule has 0 aromatic heterocycles. The van der Waals surface area contributed by atoms with E-state index in [1.807, 2.05) is 31.2 Å². The summed E-state index contributed by atoms with van der Waals surface area (Å²) in [6.45, 7) is 4.16. The summed E-state index contributed by atoms with van der Waals surface area (Å²) in [6.07, 6.45) is 6.78. The second kappa shape index (κ2) is 7.72. The third-order valence-electron chi connectivity index (χ3n) is 6.96. The molecule has 0 amide bonds. The van der Waals surface area contributed by atoms with Crippen LogP contribution in [0.5, 0.6) is 0 Å². The average molecular weight is 393 g/mol. The number of hydrogen-bond donors (Lipinski definition) is 0. The van der Waals surface area contributed by atoms with E-state index in [1.54, 1.807) is 0 Å². The Bertz CT molecular complexity index is 1130. The van der Waals surface area contributed by atoms with E-state index in [1.165, 1.54) is 40.7 Å². The number of benzene rings is 3. The summed E-state index contributed by atoms with van der Waals surface area (Å²) >= 11 is 0. The number of Topliss-reactive ketones (excluding diaryl/α,β-unsaturated/α-hetero) is 1. The van der Waals surface area contributed by atoms with Crippen molar-refractivity contribution in [3.05, 3.63) is 117 Å². The molecule has 2 unspecified atom stereocenters. The molecule has 2 aliphatic carbocycles. The molecular formula is C29H28O. The van der Waals surface area contributed by atoms with Gasteiger partial charge in [0, 0.05) is 23.0 Å². The number of fused-ring (bicyclic) bond motifs is 1. The van der Waals surface area contributed by atoms with E-state index in [-0.39, 0.29) is 17.6 Å². The van der Waals surface area contributed by atoms with Gasteiger partial charge in [-0.25, -0.2) is 0 Å². The van der Waals surface area contributed by atoms with Gasteiger partial charge < -0.3 is 0 Å². The number of ketones is 1. The quantitative estimate of drug-likeness (QED) is 0.443. The molecule has 0 saturated heterocycles. The molecule has 5 rings (SSSR count). The molecule has 0 heterocycles. The van der Waals surface area contributed by atoms with Crippen LogP contribution in [0.1, 0.15) is 68.4 Å². The Labute approximate surface area is 179 Å². The van der Waals surface area contributed by atoms with Crippen molar-refractivity contribution < 1.29 is 4.79 Å². The third-order valence-corrected chi connectivity index (χ3v) is 6.96. The molecule has 1 nitrogen and oxygen atoms in total. The maximum atomic E-state index is 13.7. The van der Waals surface area contributed by atoms with Gasteiger partial charge in [0.15, 0.2) is 5.78 Å². The van der Waals surface area contributed by atoms with Gasteiger partial charge in [-0.15, -0.1) is 0 Å². The van der Waals surface area contributed by atoms with Crippen LogP contribution in [0.3, 0.4) is 0 Å². The van der Waals surface area contributed by atoms with Gasteiger partial charge >= 0.3 is 0 Å². The summed E-state index contributed by atoms with van der Waals surface area (Å²) in [4.78, 5) is 13.7. The second-order valence-electron chi connectivity index (χ2n) is 8.91. The highest BCUT2D eigenvalue weighted by Gasteiger charge is 2.35. The van der Waals surface area contributed by atoms with Crippen LogP contribution < -0.4 is 0 Å². The number of carbonyl (C=O) groups excluding carboxylic acids is 1. The fourth-order valence-corrected chi connectivity index (χ4v) is 5.32. The number of rotatable bonds is 4. The van der Waals surface area contributed by atoms with Crippen molar-refractivity contribution in [3.63, 3.8) is 0 Å². The first-order valence-electron chi connectivity index (χ1n) is 11.1. The summed E-state index contributed by atoms with van der Waals surface area (Å²) in [7, 11) is 0. The van der Waals surface area contributed by atoms with Crippen molar-refractivity contribution in [1.29, 1.82) is 0 Å². The molecule has 3 aromatic rings. The maximum Gasteiger partial charge on any atom is 0.189 e. The van der Waals surface area contributed by atoms with Crippen LogP contribution in [0, 0.1) is 13.8 Å². The Morgan fingerprint density at radius 3 is 2.47 bits per heavy atom. The first-order chi connectivity index (χ1) is 14.6. The Morgan fingerprint density at radius 2 is 1.67 bits per heavy atom. The smallest absolute Gasteiger partial charge is 0.189 e. The predicted octanol–water partition coefficient (Wildman–Crippen LogP) is 6.87. The Kier molecular flexibility index (Phi) is 4.90. The van der Waals surface area contributed by atoms with Gasteiger partial charge in [0.05, 0.1) is 0 Å². The Balaban J connectivity index is 1.59. The van der Waals surface area contributed by atoms with Crippen molar-refractivity contribution in [2.24, 2.45) is 0 Å². The van der Waals surface area contributed by atoms with E-state index in [0.717, 1.165) is 29.5 Å². The third kappa shape index (κ3) is 3.33. The van der Waals surface area contributed by atoms with Crippen molar-refractivity contribution in [2.75, 3.05) is 0 Å². The lowest BCUT2D eigenvalue weighted by atomic mass is 9.83. The number of hydrogen-bond acceptors (Lipinski definition) is 1.